The van der Waals surface area contributed by atoms with E-state index in [1.165, 1.54) is 6.92 Å². The minimum absolute atomic E-state index is 0.0660. The van der Waals surface area contributed by atoms with E-state index in [1.54, 1.807) is 41.0 Å². The summed E-state index contributed by atoms with van der Waals surface area (Å²) in [4.78, 5) is 39.0. The Morgan fingerprint density at radius 3 is 2.09 bits per heavy atom. The van der Waals surface area contributed by atoms with Crippen molar-refractivity contribution in [1.82, 2.24) is 15.1 Å². The van der Waals surface area contributed by atoms with Crippen molar-refractivity contribution >= 4 is 29.3 Å². The minimum atomic E-state index is -0.550. The first-order chi connectivity index (χ1) is 10.9. The van der Waals surface area contributed by atoms with Gasteiger partial charge >= 0.3 is 0 Å². The molecule has 1 atom stereocenters. The van der Waals surface area contributed by atoms with Crippen molar-refractivity contribution in [2.24, 2.45) is 0 Å². The van der Waals surface area contributed by atoms with E-state index in [9.17, 15) is 14.4 Å². The van der Waals surface area contributed by atoms with Gasteiger partial charge in [-0.15, -0.1) is 0 Å². The van der Waals surface area contributed by atoms with Gasteiger partial charge < -0.3 is 15.1 Å². The van der Waals surface area contributed by atoms with Crippen molar-refractivity contribution in [3.05, 3.63) is 34.9 Å². The van der Waals surface area contributed by atoms with E-state index >= 15 is 0 Å². The van der Waals surface area contributed by atoms with Crippen LogP contribution < -0.4 is 5.32 Å². The second kappa shape index (κ2) is 7.46. The Kier molecular flexibility index (Phi) is 5.60. The highest BCUT2D eigenvalue weighted by atomic mass is 35.5. The monoisotopic (exact) mass is 337 g/mol. The molecule has 1 unspecified atom stereocenters. The first kappa shape index (κ1) is 17.3. The van der Waals surface area contributed by atoms with Crippen LogP contribution >= 0.6 is 11.6 Å². The molecule has 0 bridgehead atoms. The summed E-state index contributed by atoms with van der Waals surface area (Å²) in [5.41, 5.74) is 0.584. The second-order valence-electron chi connectivity index (χ2n) is 5.55. The van der Waals surface area contributed by atoms with Gasteiger partial charge in [-0.25, -0.2) is 0 Å². The third kappa shape index (κ3) is 4.45. The number of hydrogen-bond acceptors (Lipinski definition) is 3. The smallest absolute Gasteiger partial charge is 0.253 e. The van der Waals surface area contributed by atoms with Crippen molar-refractivity contribution in [3.63, 3.8) is 0 Å². The fraction of sp³-hybridized carbons (Fsp3) is 0.438. The van der Waals surface area contributed by atoms with Crippen LogP contribution in [0.5, 0.6) is 0 Å². The van der Waals surface area contributed by atoms with Gasteiger partial charge in [0.25, 0.3) is 5.91 Å². The maximum atomic E-state index is 12.4. The highest BCUT2D eigenvalue weighted by Gasteiger charge is 2.27. The van der Waals surface area contributed by atoms with Crippen molar-refractivity contribution in [1.29, 1.82) is 0 Å². The van der Waals surface area contributed by atoms with Gasteiger partial charge in [0.05, 0.1) is 0 Å². The number of carbonyl (C=O) groups excluding carboxylic acids is 3. The number of nitrogens with one attached hydrogen (secondary N) is 1. The number of halogens is 1. The molecule has 1 aliphatic rings. The maximum absolute atomic E-state index is 12.4. The Hall–Kier alpha value is -2.08. The van der Waals surface area contributed by atoms with Gasteiger partial charge in [-0.05, 0) is 31.2 Å². The second-order valence-corrected chi connectivity index (χ2v) is 5.98. The molecule has 1 heterocycles. The molecular weight excluding hydrogens is 318 g/mol. The van der Waals surface area contributed by atoms with E-state index < -0.39 is 6.04 Å². The van der Waals surface area contributed by atoms with E-state index in [4.69, 9.17) is 11.6 Å². The third-order valence-corrected chi connectivity index (χ3v) is 4.01. The summed E-state index contributed by atoms with van der Waals surface area (Å²) < 4.78 is 0. The molecule has 0 radical (unpaired) electrons. The Morgan fingerprint density at radius 1 is 1.04 bits per heavy atom. The average Bonchev–Trinajstić information content (AvgIpc) is 2.53. The molecule has 3 amide bonds. The Morgan fingerprint density at radius 2 is 1.57 bits per heavy atom. The Balaban J connectivity index is 1.90. The van der Waals surface area contributed by atoms with E-state index in [0.717, 1.165) is 0 Å². The highest BCUT2D eigenvalue weighted by molar-refractivity contribution is 6.30. The van der Waals surface area contributed by atoms with E-state index in [2.05, 4.69) is 5.32 Å². The molecule has 0 aliphatic carbocycles. The number of hydrogen-bond donors (Lipinski definition) is 1. The lowest BCUT2D eigenvalue weighted by Crippen LogP contribution is -2.55. The number of piperazine rings is 1. The largest absolute Gasteiger partial charge is 0.345 e. The number of rotatable bonds is 3. The number of carbonyl (C=O) groups is 3. The lowest BCUT2D eigenvalue weighted by molar-refractivity contribution is -0.136. The number of amides is 3. The fourth-order valence-electron chi connectivity index (χ4n) is 2.55. The summed E-state index contributed by atoms with van der Waals surface area (Å²) in [7, 11) is 0. The topological polar surface area (TPSA) is 69.7 Å². The van der Waals surface area contributed by atoms with Crippen molar-refractivity contribution in [2.45, 2.75) is 19.9 Å². The van der Waals surface area contributed by atoms with Crippen LogP contribution in [0.15, 0.2) is 24.3 Å². The Labute approximate surface area is 140 Å². The van der Waals surface area contributed by atoms with E-state index in [0.29, 0.717) is 36.8 Å². The SMILES string of the molecule is CC(=O)NC(C)C(=O)N1CCN(C(=O)c2ccc(Cl)cc2)CC1. The molecule has 0 spiro atoms. The molecule has 1 fully saturated rings. The first-order valence-electron chi connectivity index (χ1n) is 7.49. The van der Waals surface area contributed by atoms with Crippen LogP contribution in [0.25, 0.3) is 0 Å². The molecule has 1 aromatic rings. The predicted molar refractivity (Wildman–Crippen MR) is 87.2 cm³/mol. The summed E-state index contributed by atoms with van der Waals surface area (Å²) in [6, 6.07) is 6.21. The lowest BCUT2D eigenvalue weighted by Gasteiger charge is -2.36. The van der Waals surface area contributed by atoms with Gasteiger partial charge in [-0.3, -0.25) is 14.4 Å². The van der Waals surface area contributed by atoms with Gasteiger partial charge in [0.2, 0.25) is 11.8 Å². The number of benzene rings is 1. The maximum Gasteiger partial charge on any atom is 0.253 e. The molecular formula is C16H20ClN3O3. The molecule has 0 aromatic heterocycles. The van der Waals surface area contributed by atoms with Crippen LogP contribution in [0.4, 0.5) is 0 Å². The van der Waals surface area contributed by atoms with Gasteiger partial charge in [-0.1, -0.05) is 11.6 Å². The zero-order valence-electron chi connectivity index (χ0n) is 13.2. The molecule has 2 rings (SSSR count). The summed E-state index contributed by atoms with van der Waals surface area (Å²) in [5, 5.41) is 3.17. The van der Waals surface area contributed by atoms with Crippen LogP contribution in [0.1, 0.15) is 24.2 Å². The van der Waals surface area contributed by atoms with Gasteiger partial charge in [0, 0.05) is 43.7 Å². The van der Waals surface area contributed by atoms with Crippen molar-refractivity contribution < 1.29 is 14.4 Å². The molecule has 0 saturated carbocycles. The zero-order valence-corrected chi connectivity index (χ0v) is 14.0. The van der Waals surface area contributed by atoms with Crippen molar-refractivity contribution in [2.75, 3.05) is 26.2 Å². The summed E-state index contributed by atoms with van der Waals surface area (Å²) in [5.74, 6) is -0.426. The van der Waals surface area contributed by atoms with Gasteiger partial charge in [0.1, 0.15) is 6.04 Å². The number of nitrogens with zero attached hydrogens (tertiary/aromatic N) is 2. The van der Waals surface area contributed by atoms with E-state index in [-0.39, 0.29) is 17.7 Å². The normalized spacial score (nSPS) is 16.0. The molecule has 23 heavy (non-hydrogen) atoms. The average molecular weight is 338 g/mol. The van der Waals surface area contributed by atoms with Crippen LogP contribution in [0.2, 0.25) is 5.02 Å². The first-order valence-corrected chi connectivity index (χ1v) is 7.87. The quantitative estimate of drug-likeness (QED) is 0.899. The standard InChI is InChI=1S/C16H20ClN3O3/c1-11(18-12(2)21)15(22)19-7-9-20(10-8-19)16(23)13-3-5-14(17)6-4-13/h3-6,11H,7-10H2,1-2H3,(H,18,21). The van der Waals surface area contributed by atoms with Crippen molar-refractivity contribution in [3.8, 4) is 0 Å². The van der Waals surface area contributed by atoms with Crippen LogP contribution in [0.3, 0.4) is 0 Å². The molecule has 124 valence electrons. The van der Waals surface area contributed by atoms with Crippen LogP contribution in [0, 0.1) is 0 Å². The molecule has 1 saturated heterocycles. The zero-order chi connectivity index (χ0) is 17.0. The molecule has 6 nitrogen and oxygen atoms in total. The van der Waals surface area contributed by atoms with Crippen LogP contribution in [-0.2, 0) is 9.59 Å². The molecule has 1 aromatic carbocycles. The minimum Gasteiger partial charge on any atom is -0.345 e. The fourth-order valence-corrected chi connectivity index (χ4v) is 2.67. The molecule has 1 aliphatic heterocycles. The summed E-state index contributed by atoms with van der Waals surface area (Å²) in [6.07, 6.45) is 0. The van der Waals surface area contributed by atoms with E-state index in [1.807, 2.05) is 0 Å². The predicted octanol–water partition coefficient (Wildman–Crippen LogP) is 1.15. The molecule has 1 N–H and O–H groups in total. The Bertz CT molecular complexity index is 595. The molecule has 7 heteroatoms. The summed E-state index contributed by atoms with van der Waals surface area (Å²) >= 11 is 5.82. The highest BCUT2D eigenvalue weighted by Crippen LogP contribution is 2.13. The lowest BCUT2D eigenvalue weighted by atomic mass is 10.1. The van der Waals surface area contributed by atoms with Crippen LogP contribution in [-0.4, -0.2) is 59.7 Å². The summed E-state index contributed by atoms with van der Waals surface area (Å²) in [6.45, 7) is 4.91. The van der Waals surface area contributed by atoms with Gasteiger partial charge in [0.15, 0.2) is 0 Å². The third-order valence-electron chi connectivity index (χ3n) is 3.76. The van der Waals surface area contributed by atoms with Gasteiger partial charge in [-0.2, -0.15) is 0 Å².